The number of hydrogen-bond donors (Lipinski definition) is 1. The third-order valence-corrected chi connectivity index (χ3v) is 4.56. The van der Waals surface area contributed by atoms with E-state index < -0.39 is 9.84 Å². The first-order valence-electron chi connectivity index (χ1n) is 5.85. The van der Waals surface area contributed by atoms with Gasteiger partial charge in [-0.2, -0.15) is 0 Å². The topological polar surface area (TPSA) is 60.2 Å². The number of hydrogen-bond acceptors (Lipinski definition) is 3. The standard InChI is InChI=1S/C11H23NO2S/c1-3-9-4-6-10(7-5-9)11(12)8-15(2,13)14/h9-11H,3-8,12H2,1-2H3. The second-order valence-corrected chi connectivity index (χ2v) is 7.13. The molecule has 1 unspecified atom stereocenters. The Hall–Kier alpha value is -0.0900. The van der Waals surface area contributed by atoms with Crippen molar-refractivity contribution in [2.45, 2.75) is 45.1 Å². The van der Waals surface area contributed by atoms with Gasteiger partial charge < -0.3 is 5.73 Å². The molecule has 0 aromatic carbocycles. The zero-order chi connectivity index (χ0) is 11.5. The lowest BCUT2D eigenvalue weighted by atomic mass is 9.78. The molecule has 0 aromatic rings. The van der Waals surface area contributed by atoms with Crippen molar-refractivity contribution in [3.05, 3.63) is 0 Å². The zero-order valence-electron chi connectivity index (χ0n) is 9.78. The van der Waals surface area contributed by atoms with E-state index >= 15 is 0 Å². The monoisotopic (exact) mass is 233 g/mol. The third kappa shape index (κ3) is 4.51. The molecule has 0 aliphatic heterocycles. The van der Waals surface area contributed by atoms with Crippen LogP contribution in [0.2, 0.25) is 0 Å². The predicted molar refractivity (Wildman–Crippen MR) is 63.4 cm³/mol. The van der Waals surface area contributed by atoms with Gasteiger partial charge in [-0.3, -0.25) is 0 Å². The fraction of sp³-hybridized carbons (Fsp3) is 1.00. The van der Waals surface area contributed by atoms with Gasteiger partial charge in [-0.1, -0.05) is 26.2 Å². The Balaban J connectivity index is 2.39. The van der Waals surface area contributed by atoms with Gasteiger partial charge in [-0.05, 0) is 24.7 Å². The van der Waals surface area contributed by atoms with Gasteiger partial charge in [0.25, 0.3) is 0 Å². The van der Waals surface area contributed by atoms with Crippen molar-refractivity contribution in [3.8, 4) is 0 Å². The molecule has 1 atom stereocenters. The van der Waals surface area contributed by atoms with E-state index in [0.717, 1.165) is 18.8 Å². The summed E-state index contributed by atoms with van der Waals surface area (Å²) in [5, 5.41) is 0. The van der Waals surface area contributed by atoms with Crippen molar-refractivity contribution >= 4 is 9.84 Å². The second kappa shape index (κ2) is 5.30. The third-order valence-electron chi connectivity index (χ3n) is 3.57. The van der Waals surface area contributed by atoms with Gasteiger partial charge in [0.15, 0.2) is 0 Å². The molecule has 1 rings (SSSR count). The smallest absolute Gasteiger partial charge is 0.148 e. The van der Waals surface area contributed by atoms with E-state index in [1.807, 2.05) is 0 Å². The maximum atomic E-state index is 11.1. The Bertz CT molecular complexity index is 279. The molecule has 1 aliphatic rings. The van der Waals surface area contributed by atoms with Crippen LogP contribution in [0.25, 0.3) is 0 Å². The lowest BCUT2D eigenvalue weighted by Crippen LogP contribution is -2.38. The summed E-state index contributed by atoms with van der Waals surface area (Å²) in [5.41, 5.74) is 5.94. The zero-order valence-corrected chi connectivity index (χ0v) is 10.6. The average molecular weight is 233 g/mol. The van der Waals surface area contributed by atoms with E-state index in [4.69, 9.17) is 5.73 Å². The Morgan fingerprint density at radius 2 is 1.80 bits per heavy atom. The van der Waals surface area contributed by atoms with Crippen LogP contribution in [0.5, 0.6) is 0 Å². The van der Waals surface area contributed by atoms with Crippen LogP contribution in [-0.4, -0.2) is 26.5 Å². The molecule has 15 heavy (non-hydrogen) atoms. The highest BCUT2D eigenvalue weighted by Crippen LogP contribution is 2.32. The van der Waals surface area contributed by atoms with Crippen LogP contribution in [0.4, 0.5) is 0 Å². The average Bonchev–Trinajstić information content (AvgIpc) is 2.15. The van der Waals surface area contributed by atoms with Gasteiger partial charge in [0.1, 0.15) is 9.84 Å². The first-order chi connectivity index (χ1) is 6.92. The maximum Gasteiger partial charge on any atom is 0.148 e. The minimum Gasteiger partial charge on any atom is -0.327 e. The highest BCUT2D eigenvalue weighted by atomic mass is 32.2. The summed E-state index contributed by atoms with van der Waals surface area (Å²) in [6, 6.07) is -0.155. The lowest BCUT2D eigenvalue weighted by Gasteiger charge is -2.31. The van der Waals surface area contributed by atoms with E-state index in [0.29, 0.717) is 5.92 Å². The van der Waals surface area contributed by atoms with Gasteiger partial charge in [0.05, 0.1) is 5.75 Å². The molecule has 0 aromatic heterocycles. The van der Waals surface area contributed by atoms with Crippen LogP contribution in [0.15, 0.2) is 0 Å². The highest BCUT2D eigenvalue weighted by Gasteiger charge is 2.26. The van der Waals surface area contributed by atoms with Crippen LogP contribution in [-0.2, 0) is 9.84 Å². The van der Waals surface area contributed by atoms with Crippen LogP contribution in [0.1, 0.15) is 39.0 Å². The number of sulfone groups is 1. The SMILES string of the molecule is CCC1CCC(C(N)CS(C)(=O)=O)CC1. The fourth-order valence-corrected chi connectivity index (χ4v) is 3.48. The molecule has 1 aliphatic carbocycles. The molecule has 0 amide bonds. The van der Waals surface area contributed by atoms with Crippen molar-refractivity contribution < 1.29 is 8.42 Å². The molecule has 4 heteroatoms. The van der Waals surface area contributed by atoms with Crippen LogP contribution in [0.3, 0.4) is 0 Å². The summed E-state index contributed by atoms with van der Waals surface area (Å²) in [6.45, 7) is 2.22. The molecule has 0 saturated heterocycles. The van der Waals surface area contributed by atoms with Gasteiger partial charge >= 0.3 is 0 Å². The maximum absolute atomic E-state index is 11.1. The minimum absolute atomic E-state index is 0.147. The van der Waals surface area contributed by atoms with Crippen LogP contribution >= 0.6 is 0 Å². The lowest BCUT2D eigenvalue weighted by molar-refractivity contribution is 0.246. The van der Waals surface area contributed by atoms with E-state index in [9.17, 15) is 8.42 Å². The molecular weight excluding hydrogens is 210 g/mol. The molecule has 1 fully saturated rings. The number of nitrogens with two attached hydrogens (primary N) is 1. The van der Waals surface area contributed by atoms with Crippen molar-refractivity contribution in [1.29, 1.82) is 0 Å². The Morgan fingerprint density at radius 3 is 2.20 bits per heavy atom. The minimum atomic E-state index is -2.92. The molecule has 3 nitrogen and oxygen atoms in total. The summed E-state index contributed by atoms with van der Waals surface area (Å²) < 4.78 is 22.2. The molecule has 0 radical (unpaired) electrons. The largest absolute Gasteiger partial charge is 0.327 e. The van der Waals surface area contributed by atoms with Gasteiger partial charge in [0, 0.05) is 12.3 Å². The van der Waals surface area contributed by atoms with Crippen molar-refractivity contribution in [1.82, 2.24) is 0 Å². The summed E-state index contributed by atoms with van der Waals surface area (Å²) in [7, 11) is -2.92. The van der Waals surface area contributed by atoms with Gasteiger partial charge in [-0.15, -0.1) is 0 Å². The summed E-state index contributed by atoms with van der Waals surface area (Å²) in [4.78, 5) is 0. The molecule has 1 saturated carbocycles. The predicted octanol–water partition coefficient (Wildman–Crippen LogP) is 1.57. The quantitative estimate of drug-likeness (QED) is 0.802. The molecule has 0 heterocycles. The summed E-state index contributed by atoms with van der Waals surface area (Å²) in [5.74, 6) is 1.41. The molecule has 0 bridgehead atoms. The van der Waals surface area contributed by atoms with Crippen LogP contribution < -0.4 is 5.73 Å². The van der Waals surface area contributed by atoms with E-state index in [-0.39, 0.29) is 11.8 Å². The first-order valence-corrected chi connectivity index (χ1v) is 7.91. The first kappa shape index (κ1) is 13.0. The Labute approximate surface area is 93.3 Å². The van der Waals surface area contributed by atoms with Crippen molar-refractivity contribution in [3.63, 3.8) is 0 Å². The molecule has 0 spiro atoms. The molecular formula is C11H23NO2S. The second-order valence-electron chi connectivity index (χ2n) is 4.95. The van der Waals surface area contributed by atoms with Crippen LogP contribution in [0, 0.1) is 11.8 Å². The molecule has 2 N–H and O–H groups in total. The van der Waals surface area contributed by atoms with E-state index in [2.05, 4.69) is 6.92 Å². The van der Waals surface area contributed by atoms with E-state index in [1.165, 1.54) is 25.5 Å². The van der Waals surface area contributed by atoms with Gasteiger partial charge in [-0.25, -0.2) is 8.42 Å². The summed E-state index contributed by atoms with van der Waals surface area (Å²) >= 11 is 0. The normalized spacial score (nSPS) is 30.1. The molecule has 90 valence electrons. The fourth-order valence-electron chi connectivity index (χ4n) is 2.51. The van der Waals surface area contributed by atoms with Gasteiger partial charge in [0.2, 0.25) is 0 Å². The highest BCUT2D eigenvalue weighted by molar-refractivity contribution is 7.90. The Morgan fingerprint density at radius 1 is 1.27 bits per heavy atom. The van der Waals surface area contributed by atoms with Crippen molar-refractivity contribution in [2.24, 2.45) is 17.6 Å². The van der Waals surface area contributed by atoms with Crippen molar-refractivity contribution in [2.75, 3.05) is 12.0 Å². The number of rotatable bonds is 4. The Kier molecular flexibility index (Phi) is 4.59. The van der Waals surface area contributed by atoms with E-state index in [1.54, 1.807) is 0 Å². The summed E-state index contributed by atoms with van der Waals surface area (Å²) in [6.07, 6.45) is 7.17.